The lowest BCUT2D eigenvalue weighted by Gasteiger charge is -2.01. The minimum Gasteiger partial charge on any atom is -0.395 e. The molecular weight excluding hydrogens is 168 g/mol. The molecule has 2 N–H and O–H groups in total. The van der Waals surface area contributed by atoms with Crippen molar-refractivity contribution in [3.05, 3.63) is 34.8 Å². The van der Waals surface area contributed by atoms with Crippen molar-refractivity contribution >= 4 is 17.4 Å². The Hall–Kier alpha value is -1.97. The molecule has 1 heterocycles. The zero-order valence-corrected chi connectivity index (χ0v) is 6.65. The number of ketones is 1. The number of carbonyl (C=O) groups excluding carboxylic acids is 2. The summed E-state index contributed by atoms with van der Waals surface area (Å²) in [5.74, 6) is -1.52. The van der Waals surface area contributed by atoms with Crippen molar-refractivity contribution < 1.29 is 9.59 Å². The summed E-state index contributed by atoms with van der Waals surface area (Å²) in [5.41, 5.74) is 5.45. The minimum absolute atomic E-state index is 0.0180. The fraction of sp³-hybridized carbons (Fsp3) is 0. The lowest BCUT2D eigenvalue weighted by Crippen LogP contribution is -2.40. The fourth-order valence-electron chi connectivity index (χ4n) is 1.20. The maximum Gasteiger partial charge on any atom is 0.320 e. The predicted molar refractivity (Wildman–Crippen MR) is 44.8 cm³/mol. The third kappa shape index (κ3) is 1.03. The van der Waals surface area contributed by atoms with Gasteiger partial charge in [0.05, 0.1) is 11.1 Å². The van der Waals surface area contributed by atoms with Gasteiger partial charge in [0.2, 0.25) is 0 Å². The molecule has 0 radical (unpaired) electrons. The third-order valence-corrected chi connectivity index (χ3v) is 1.86. The van der Waals surface area contributed by atoms with Crippen LogP contribution in [0.4, 0.5) is 0 Å². The smallest absolute Gasteiger partial charge is 0.320 e. The van der Waals surface area contributed by atoms with Gasteiger partial charge in [-0.25, -0.2) is 4.99 Å². The van der Waals surface area contributed by atoms with Gasteiger partial charge in [-0.1, -0.05) is 18.2 Å². The van der Waals surface area contributed by atoms with Gasteiger partial charge in [-0.3, -0.25) is 9.59 Å². The number of nitrogens with two attached hydrogens (primary N) is 1. The number of Topliss-reactive ketones (excluding diaryl/α,β-unsaturated/α-hetero) is 1. The second-order valence-electron chi connectivity index (χ2n) is 2.68. The van der Waals surface area contributed by atoms with E-state index in [2.05, 4.69) is 4.99 Å². The Morgan fingerprint density at radius 3 is 2.62 bits per heavy atom. The number of hydrogen-bond donors (Lipinski definition) is 1. The van der Waals surface area contributed by atoms with E-state index >= 15 is 0 Å². The van der Waals surface area contributed by atoms with E-state index in [4.69, 9.17) is 5.73 Å². The zero-order valence-electron chi connectivity index (χ0n) is 6.65. The molecule has 2 rings (SSSR count). The lowest BCUT2D eigenvalue weighted by molar-refractivity contribution is -0.132. The van der Waals surface area contributed by atoms with E-state index in [9.17, 15) is 9.59 Å². The van der Waals surface area contributed by atoms with Crippen LogP contribution in [0.5, 0.6) is 0 Å². The van der Waals surface area contributed by atoms with Crippen LogP contribution in [0.3, 0.4) is 0 Å². The van der Waals surface area contributed by atoms with Crippen LogP contribution in [0.25, 0.3) is 5.70 Å². The number of carbonyl (C=O) groups is 2. The second kappa shape index (κ2) is 2.52. The first-order chi connectivity index (χ1) is 6.20. The summed E-state index contributed by atoms with van der Waals surface area (Å²) in [6.45, 7) is 0. The summed E-state index contributed by atoms with van der Waals surface area (Å²) in [6.07, 6.45) is 0. The number of rotatable bonds is 0. The maximum absolute atomic E-state index is 11.1. The van der Waals surface area contributed by atoms with Gasteiger partial charge in [0.25, 0.3) is 5.78 Å². The van der Waals surface area contributed by atoms with Gasteiger partial charge in [-0.2, -0.15) is 0 Å². The molecule has 64 valence electrons. The highest BCUT2D eigenvalue weighted by molar-refractivity contribution is 6.51. The van der Waals surface area contributed by atoms with Crippen LogP contribution in [0.2, 0.25) is 0 Å². The topological polar surface area (TPSA) is 72.5 Å². The van der Waals surface area contributed by atoms with Crippen LogP contribution in [0.15, 0.2) is 29.3 Å². The molecule has 0 unspecified atom stereocenters. The molecule has 0 aliphatic carbocycles. The molecule has 0 bridgehead atoms. The predicted octanol–water partition coefficient (Wildman–Crippen LogP) is -1.52. The Bertz CT molecular complexity index is 517. The summed E-state index contributed by atoms with van der Waals surface area (Å²) >= 11 is 0. The second-order valence-corrected chi connectivity index (χ2v) is 2.68. The van der Waals surface area contributed by atoms with Crippen LogP contribution in [-0.2, 0) is 9.59 Å². The SMILES string of the molecule is NC1=c2ccccc2=NC(=O)C1=O. The Morgan fingerprint density at radius 2 is 1.85 bits per heavy atom. The molecule has 13 heavy (non-hydrogen) atoms. The Morgan fingerprint density at radius 1 is 1.15 bits per heavy atom. The number of fused-ring (bicyclic) bond motifs is 1. The molecule has 0 saturated carbocycles. The van der Waals surface area contributed by atoms with Crippen LogP contribution in [0, 0.1) is 0 Å². The molecular formula is C9H6N2O2. The van der Waals surface area contributed by atoms with Gasteiger partial charge in [0.1, 0.15) is 0 Å². The summed E-state index contributed by atoms with van der Waals surface area (Å²) in [7, 11) is 0. The molecule has 4 heteroatoms. The van der Waals surface area contributed by atoms with Crippen LogP contribution in [0.1, 0.15) is 0 Å². The minimum atomic E-state index is -0.795. The number of amides is 1. The van der Waals surface area contributed by atoms with E-state index in [1.807, 2.05) is 0 Å². The monoisotopic (exact) mass is 174 g/mol. The van der Waals surface area contributed by atoms with Crippen molar-refractivity contribution in [1.82, 2.24) is 0 Å². The van der Waals surface area contributed by atoms with Gasteiger partial charge < -0.3 is 5.73 Å². The largest absolute Gasteiger partial charge is 0.395 e. The molecule has 1 aromatic rings. The molecule has 4 nitrogen and oxygen atoms in total. The number of hydrogen-bond acceptors (Lipinski definition) is 3. The molecule has 1 amide bonds. The first-order valence-electron chi connectivity index (χ1n) is 3.72. The van der Waals surface area contributed by atoms with Crippen molar-refractivity contribution in [3.8, 4) is 0 Å². The molecule has 1 aliphatic heterocycles. The van der Waals surface area contributed by atoms with Crippen molar-refractivity contribution in [3.63, 3.8) is 0 Å². The van der Waals surface area contributed by atoms with Gasteiger partial charge in [0, 0.05) is 5.22 Å². The lowest BCUT2D eigenvalue weighted by atomic mass is 10.1. The Labute approximate surface area is 73.4 Å². The Balaban J connectivity index is 2.97. The van der Waals surface area contributed by atoms with E-state index < -0.39 is 11.7 Å². The van der Waals surface area contributed by atoms with Crippen LogP contribution in [-0.4, -0.2) is 11.7 Å². The van der Waals surface area contributed by atoms with Crippen molar-refractivity contribution in [2.24, 2.45) is 10.7 Å². The van der Waals surface area contributed by atoms with Crippen molar-refractivity contribution in [2.75, 3.05) is 0 Å². The van der Waals surface area contributed by atoms with E-state index in [-0.39, 0.29) is 5.70 Å². The van der Waals surface area contributed by atoms with Gasteiger partial charge in [-0.05, 0) is 6.07 Å². The molecule has 0 fully saturated rings. The first-order valence-corrected chi connectivity index (χ1v) is 3.72. The molecule has 1 aliphatic rings. The Kier molecular flexibility index (Phi) is 1.48. The van der Waals surface area contributed by atoms with Gasteiger partial charge in [0.15, 0.2) is 0 Å². The summed E-state index contributed by atoms with van der Waals surface area (Å²) in [4.78, 5) is 25.6. The molecule has 0 aromatic heterocycles. The third-order valence-electron chi connectivity index (χ3n) is 1.86. The fourth-order valence-corrected chi connectivity index (χ4v) is 1.20. The van der Waals surface area contributed by atoms with E-state index in [0.717, 1.165) is 0 Å². The highest BCUT2D eigenvalue weighted by Crippen LogP contribution is 1.91. The van der Waals surface area contributed by atoms with Crippen LogP contribution < -0.4 is 16.3 Å². The normalized spacial score (nSPS) is 15.2. The highest BCUT2D eigenvalue weighted by atomic mass is 16.2. The van der Waals surface area contributed by atoms with E-state index in [1.165, 1.54) is 0 Å². The molecule has 0 spiro atoms. The quantitative estimate of drug-likeness (QED) is 0.485. The number of nitrogens with zero attached hydrogens (tertiary/aromatic N) is 1. The summed E-state index contributed by atoms with van der Waals surface area (Å²) in [6, 6.07) is 6.79. The number of para-hydroxylation sites is 1. The van der Waals surface area contributed by atoms with E-state index in [1.54, 1.807) is 24.3 Å². The number of benzene rings is 1. The zero-order chi connectivity index (χ0) is 9.42. The molecule has 1 aromatic carbocycles. The summed E-state index contributed by atoms with van der Waals surface area (Å²) in [5, 5.41) is 0.997. The van der Waals surface area contributed by atoms with Crippen molar-refractivity contribution in [2.45, 2.75) is 0 Å². The average Bonchev–Trinajstić information content (AvgIpc) is 2.15. The highest BCUT2D eigenvalue weighted by Gasteiger charge is 2.19. The standard InChI is InChI=1S/C9H6N2O2/c10-7-5-3-1-2-4-6(5)11-9(13)8(7)12/h1-4H,10H2. The van der Waals surface area contributed by atoms with Crippen molar-refractivity contribution in [1.29, 1.82) is 0 Å². The van der Waals surface area contributed by atoms with Crippen LogP contribution >= 0.6 is 0 Å². The first kappa shape index (κ1) is 7.67. The maximum atomic E-state index is 11.1. The molecule has 0 saturated heterocycles. The van der Waals surface area contributed by atoms with Gasteiger partial charge in [-0.15, -0.1) is 0 Å². The van der Waals surface area contributed by atoms with Gasteiger partial charge >= 0.3 is 5.91 Å². The summed E-state index contributed by atoms with van der Waals surface area (Å²) < 4.78 is 0. The average molecular weight is 174 g/mol. The molecule has 0 atom stereocenters. The van der Waals surface area contributed by atoms with E-state index in [0.29, 0.717) is 10.6 Å².